The molecule has 1 heterocycles. The first kappa shape index (κ1) is 24.1. The van der Waals surface area contributed by atoms with E-state index in [1.165, 1.54) is 10.2 Å². The maximum absolute atomic E-state index is 12.4. The van der Waals surface area contributed by atoms with Crippen molar-refractivity contribution in [3.8, 4) is 5.75 Å². The first-order chi connectivity index (χ1) is 15.6. The third-order valence-corrected chi connectivity index (χ3v) is 5.80. The Morgan fingerprint density at radius 1 is 1.09 bits per heavy atom. The number of hydrogen-bond acceptors (Lipinski definition) is 7. The van der Waals surface area contributed by atoms with Gasteiger partial charge in [0.15, 0.2) is 5.82 Å². The summed E-state index contributed by atoms with van der Waals surface area (Å²) >= 11 is 1.09. The fourth-order valence-corrected chi connectivity index (χ4v) is 3.58. The molecule has 4 N–H and O–H groups in total. The molecule has 0 aliphatic carbocycles. The van der Waals surface area contributed by atoms with Gasteiger partial charge in [0, 0.05) is 5.69 Å². The lowest BCUT2D eigenvalue weighted by Crippen LogP contribution is -2.39. The van der Waals surface area contributed by atoms with Gasteiger partial charge in [-0.15, -0.1) is 10.2 Å². The molecule has 0 fully saturated rings. The van der Waals surface area contributed by atoms with Crippen molar-refractivity contribution in [2.45, 2.75) is 50.1 Å². The van der Waals surface area contributed by atoms with Gasteiger partial charge in [-0.25, -0.2) is 9.47 Å². The molecule has 3 aromatic rings. The van der Waals surface area contributed by atoms with Crippen LogP contribution in [-0.4, -0.2) is 32.1 Å². The molecule has 33 heavy (non-hydrogen) atoms. The maximum Gasteiger partial charge on any atom is 0.325 e. The summed E-state index contributed by atoms with van der Waals surface area (Å²) in [5.41, 5.74) is 1.86. The molecule has 1 atom stereocenters. The normalized spacial score (nSPS) is 12.1. The van der Waals surface area contributed by atoms with Crippen molar-refractivity contribution in [1.29, 1.82) is 0 Å². The lowest BCUT2D eigenvalue weighted by molar-refractivity contribution is -0.119. The van der Waals surface area contributed by atoms with Gasteiger partial charge in [-0.3, -0.25) is 10.1 Å². The summed E-state index contributed by atoms with van der Waals surface area (Å²) in [5.74, 6) is 6.70. The number of urea groups is 1. The number of carbonyl (C=O) groups is 2. The molecule has 0 saturated carbocycles. The number of nitrogens with zero attached hydrogens (tertiary/aromatic N) is 3. The standard InChI is InChI=1S/C23H28N6O3S/c1-15(20(30)26-21(31)25-17-8-6-5-7-9-17)33-22-28-27-19(29(22)24)14-32-18-12-10-16(11-13-18)23(2,3)4/h5-13,15H,14,24H2,1-4H3,(H2,25,26,30,31). The zero-order chi connectivity index (χ0) is 24.0. The maximum atomic E-state index is 12.4. The first-order valence-corrected chi connectivity index (χ1v) is 11.3. The van der Waals surface area contributed by atoms with E-state index in [1.807, 2.05) is 30.3 Å². The molecule has 174 valence electrons. The van der Waals surface area contributed by atoms with E-state index in [4.69, 9.17) is 10.6 Å². The summed E-state index contributed by atoms with van der Waals surface area (Å²) in [5, 5.41) is 12.7. The van der Waals surface area contributed by atoms with Crippen LogP contribution in [0.5, 0.6) is 5.75 Å². The Labute approximate surface area is 197 Å². The summed E-state index contributed by atoms with van der Waals surface area (Å²) in [6.45, 7) is 8.22. The van der Waals surface area contributed by atoms with E-state index in [-0.39, 0.29) is 12.0 Å². The molecule has 9 nitrogen and oxygen atoms in total. The van der Waals surface area contributed by atoms with Crippen LogP contribution in [0.2, 0.25) is 0 Å². The first-order valence-electron chi connectivity index (χ1n) is 10.4. The summed E-state index contributed by atoms with van der Waals surface area (Å²) in [6.07, 6.45) is 0. The second-order valence-electron chi connectivity index (χ2n) is 8.40. The van der Waals surface area contributed by atoms with Crippen LogP contribution in [0.25, 0.3) is 0 Å². The van der Waals surface area contributed by atoms with Gasteiger partial charge in [0.2, 0.25) is 11.1 Å². The van der Waals surface area contributed by atoms with Crippen LogP contribution >= 0.6 is 11.8 Å². The number of aromatic nitrogens is 3. The number of nitrogen functional groups attached to an aromatic ring is 1. The average molecular weight is 469 g/mol. The Hall–Kier alpha value is -3.53. The molecule has 0 spiro atoms. The fourth-order valence-electron chi connectivity index (χ4n) is 2.79. The number of hydrogen-bond donors (Lipinski definition) is 3. The van der Waals surface area contributed by atoms with Crippen LogP contribution in [0.4, 0.5) is 10.5 Å². The van der Waals surface area contributed by atoms with E-state index in [2.05, 4.69) is 41.6 Å². The number of ether oxygens (including phenoxy) is 1. The van der Waals surface area contributed by atoms with Crippen LogP contribution in [0.15, 0.2) is 59.8 Å². The molecule has 0 aliphatic rings. The Morgan fingerprint density at radius 2 is 1.76 bits per heavy atom. The van der Waals surface area contributed by atoms with E-state index in [1.54, 1.807) is 31.2 Å². The van der Waals surface area contributed by atoms with Crippen LogP contribution in [0, 0.1) is 0 Å². The molecule has 1 aromatic heterocycles. The molecule has 3 rings (SSSR count). The predicted molar refractivity (Wildman–Crippen MR) is 129 cm³/mol. The number of para-hydroxylation sites is 1. The quantitative estimate of drug-likeness (QED) is 0.357. The Kier molecular flexibility index (Phi) is 7.59. The summed E-state index contributed by atoms with van der Waals surface area (Å²) in [7, 11) is 0. The van der Waals surface area contributed by atoms with Gasteiger partial charge in [0.1, 0.15) is 12.4 Å². The van der Waals surface area contributed by atoms with Crippen molar-refractivity contribution in [3.05, 3.63) is 66.0 Å². The largest absolute Gasteiger partial charge is 0.486 e. The lowest BCUT2D eigenvalue weighted by Gasteiger charge is -2.19. The number of benzene rings is 2. The van der Waals surface area contributed by atoms with Crippen molar-refractivity contribution in [2.24, 2.45) is 0 Å². The molecular formula is C23H28N6O3S. The topological polar surface area (TPSA) is 124 Å². The third kappa shape index (κ3) is 6.72. The highest BCUT2D eigenvalue weighted by atomic mass is 32.2. The van der Waals surface area contributed by atoms with Gasteiger partial charge in [-0.1, -0.05) is 62.9 Å². The molecule has 0 radical (unpaired) electrons. The monoisotopic (exact) mass is 468 g/mol. The molecule has 0 aliphatic heterocycles. The minimum absolute atomic E-state index is 0.0628. The molecule has 10 heteroatoms. The van der Waals surface area contributed by atoms with Crippen molar-refractivity contribution >= 4 is 29.4 Å². The molecule has 3 amide bonds. The molecule has 0 bridgehead atoms. The predicted octanol–water partition coefficient (Wildman–Crippen LogP) is 3.70. The Morgan fingerprint density at radius 3 is 2.39 bits per heavy atom. The zero-order valence-electron chi connectivity index (χ0n) is 19.0. The molecule has 2 aromatic carbocycles. The van der Waals surface area contributed by atoms with E-state index in [0.717, 1.165) is 11.8 Å². The highest BCUT2D eigenvalue weighted by Crippen LogP contribution is 2.25. The second kappa shape index (κ2) is 10.4. The van der Waals surface area contributed by atoms with Crippen LogP contribution < -0.4 is 21.2 Å². The number of rotatable bonds is 7. The number of thioether (sulfide) groups is 1. The number of carbonyl (C=O) groups excluding carboxylic acids is 2. The lowest BCUT2D eigenvalue weighted by atomic mass is 9.87. The second-order valence-corrected chi connectivity index (χ2v) is 9.71. The smallest absolute Gasteiger partial charge is 0.325 e. The SMILES string of the molecule is CC(Sc1nnc(COc2ccc(C(C)(C)C)cc2)n1N)C(=O)NC(=O)Nc1ccccc1. The highest BCUT2D eigenvalue weighted by Gasteiger charge is 2.21. The van der Waals surface area contributed by atoms with Crippen LogP contribution in [-0.2, 0) is 16.8 Å². The number of nitrogens with one attached hydrogen (secondary N) is 2. The third-order valence-electron chi connectivity index (χ3n) is 4.74. The zero-order valence-corrected chi connectivity index (χ0v) is 19.8. The number of anilines is 1. The van der Waals surface area contributed by atoms with E-state index < -0.39 is 17.2 Å². The number of imide groups is 1. The van der Waals surface area contributed by atoms with Gasteiger partial charge in [-0.2, -0.15) is 0 Å². The van der Waals surface area contributed by atoms with Crippen LogP contribution in [0.3, 0.4) is 0 Å². The number of amides is 3. The summed E-state index contributed by atoms with van der Waals surface area (Å²) in [4.78, 5) is 24.4. The van der Waals surface area contributed by atoms with Crippen molar-refractivity contribution in [2.75, 3.05) is 11.2 Å². The number of nitrogens with two attached hydrogens (primary N) is 1. The van der Waals surface area contributed by atoms with Gasteiger partial charge in [-0.05, 0) is 42.2 Å². The van der Waals surface area contributed by atoms with E-state index in [0.29, 0.717) is 22.4 Å². The van der Waals surface area contributed by atoms with Crippen molar-refractivity contribution in [3.63, 3.8) is 0 Å². The average Bonchev–Trinajstić information content (AvgIpc) is 3.11. The minimum Gasteiger partial charge on any atom is -0.486 e. The van der Waals surface area contributed by atoms with Gasteiger partial charge >= 0.3 is 6.03 Å². The summed E-state index contributed by atoms with van der Waals surface area (Å²) < 4.78 is 7.05. The van der Waals surface area contributed by atoms with E-state index in [9.17, 15) is 9.59 Å². The highest BCUT2D eigenvalue weighted by molar-refractivity contribution is 8.00. The Bertz CT molecular complexity index is 1090. The van der Waals surface area contributed by atoms with Gasteiger partial charge < -0.3 is 15.9 Å². The molecule has 1 unspecified atom stereocenters. The van der Waals surface area contributed by atoms with Crippen molar-refractivity contribution < 1.29 is 14.3 Å². The minimum atomic E-state index is -0.628. The van der Waals surface area contributed by atoms with Crippen molar-refractivity contribution in [1.82, 2.24) is 20.2 Å². The van der Waals surface area contributed by atoms with E-state index >= 15 is 0 Å². The summed E-state index contributed by atoms with van der Waals surface area (Å²) in [6, 6.07) is 16.1. The molecular weight excluding hydrogens is 440 g/mol. The Balaban J connectivity index is 1.52. The van der Waals surface area contributed by atoms with Gasteiger partial charge in [0.25, 0.3) is 0 Å². The van der Waals surface area contributed by atoms with Gasteiger partial charge in [0.05, 0.1) is 5.25 Å². The fraction of sp³-hybridized carbons (Fsp3) is 0.304. The van der Waals surface area contributed by atoms with Crippen LogP contribution in [0.1, 0.15) is 39.1 Å². The molecule has 0 saturated heterocycles.